The van der Waals surface area contributed by atoms with E-state index in [9.17, 15) is 12.8 Å². The Labute approximate surface area is 145 Å². The molecule has 0 atom stereocenters. The second-order valence-corrected chi connectivity index (χ2v) is 7.43. The first-order valence-corrected chi connectivity index (χ1v) is 9.06. The summed E-state index contributed by atoms with van der Waals surface area (Å²) in [5.74, 6) is -0.372. The van der Waals surface area contributed by atoms with Gasteiger partial charge in [0.1, 0.15) is 12.1 Å². The van der Waals surface area contributed by atoms with Crippen LogP contribution in [-0.2, 0) is 16.6 Å². The molecule has 8 heteroatoms. The largest absolute Gasteiger partial charge is 0.264 e. The van der Waals surface area contributed by atoms with E-state index in [1.807, 2.05) is 13.8 Å². The number of aromatic nitrogens is 3. The number of anilines is 1. The van der Waals surface area contributed by atoms with E-state index in [0.717, 1.165) is 11.1 Å². The SMILES string of the molecule is Cc1ccc(S(=O)(=O)Nc2ncn(Cc3cccc(F)c3)n2)cc1C. The van der Waals surface area contributed by atoms with Crippen molar-refractivity contribution in [1.29, 1.82) is 0 Å². The molecule has 0 saturated heterocycles. The molecule has 2 aromatic carbocycles. The monoisotopic (exact) mass is 360 g/mol. The summed E-state index contributed by atoms with van der Waals surface area (Å²) in [6.45, 7) is 4.05. The highest BCUT2D eigenvalue weighted by molar-refractivity contribution is 7.92. The number of halogens is 1. The van der Waals surface area contributed by atoms with E-state index in [2.05, 4.69) is 14.8 Å². The van der Waals surface area contributed by atoms with Crippen LogP contribution in [0, 0.1) is 19.7 Å². The smallest absolute Gasteiger partial charge is 0.246 e. The van der Waals surface area contributed by atoms with Crippen LogP contribution >= 0.6 is 0 Å². The van der Waals surface area contributed by atoms with E-state index in [-0.39, 0.29) is 23.2 Å². The molecule has 0 fully saturated rings. The van der Waals surface area contributed by atoms with Crippen molar-refractivity contribution in [2.24, 2.45) is 0 Å². The fourth-order valence-corrected chi connectivity index (χ4v) is 3.33. The fraction of sp³-hybridized carbons (Fsp3) is 0.176. The van der Waals surface area contributed by atoms with Gasteiger partial charge in [-0.05, 0) is 54.8 Å². The first-order chi connectivity index (χ1) is 11.8. The van der Waals surface area contributed by atoms with Crippen LogP contribution in [0.2, 0.25) is 0 Å². The van der Waals surface area contributed by atoms with Crippen LogP contribution in [0.15, 0.2) is 53.7 Å². The molecule has 0 spiro atoms. The zero-order valence-corrected chi connectivity index (χ0v) is 14.6. The molecule has 0 radical (unpaired) electrons. The summed E-state index contributed by atoms with van der Waals surface area (Å²) in [5, 5.41) is 4.08. The summed E-state index contributed by atoms with van der Waals surface area (Å²) in [6, 6.07) is 11.0. The predicted molar refractivity (Wildman–Crippen MR) is 92.2 cm³/mol. The Kier molecular flexibility index (Phi) is 4.54. The van der Waals surface area contributed by atoms with Gasteiger partial charge in [0.05, 0.1) is 11.4 Å². The van der Waals surface area contributed by atoms with E-state index in [0.29, 0.717) is 5.56 Å². The number of hydrogen-bond acceptors (Lipinski definition) is 4. The molecule has 0 amide bonds. The second-order valence-electron chi connectivity index (χ2n) is 5.75. The third-order valence-corrected chi connectivity index (χ3v) is 5.11. The molecule has 1 heterocycles. The van der Waals surface area contributed by atoms with Crippen LogP contribution in [0.25, 0.3) is 0 Å². The number of hydrogen-bond donors (Lipinski definition) is 1. The summed E-state index contributed by atoms with van der Waals surface area (Å²) < 4.78 is 41.9. The van der Waals surface area contributed by atoms with Crippen molar-refractivity contribution in [3.63, 3.8) is 0 Å². The van der Waals surface area contributed by atoms with E-state index in [1.165, 1.54) is 29.2 Å². The molecule has 0 unspecified atom stereocenters. The van der Waals surface area contributed by atoms with Crippen LogP contribution in [0.5, 0.6) is 0 Å². The van der Waals surface area contributed by atoms with Gasteiger partial charge in [0.2, 0.25) is 0 Å². The normalized spacial score (nSPS) is 11.5. The molecule has 0 aliphatic heterocycles. The van der Waals surface area contributed by atoms with Gasteiger partial charge < -0.3 is 0 Å². The van der Waals surface area contributed by atoms with Crippen molar-refractivity contribution < 1.29 is 12.8 Å². The molecule has 0 saturated carbocycles. The first-order valence-electron chi connectivity index (χ1n) is 7.57. The average molecular weight is 360 g/mol. The molecule has 0 aliphatic rings. The Morgan fingerprint density at radius 2 is 1.92 bits per heavy atom. The Bertz CT molecular complexity index is 1010. The lowest BCUT2D eigenvalue weighted by atomic mass is 10.1. The topological polar surface area (TPSA) is 76.9 Å². The minimum absolute atomic E-state index is 0.0327. The number of aryl methyl sites for hydroxylation is 2. The zero-order chi connectivity index (χ0) is 18.0. The van der Waals surface area contributed by atoms with Crippen molar-refractivity contribution in [2.45, 2.75) is 25.3 Å². The van der Waals surface area contributed by atoms with Crippen LogP contribution in [0.4, 0.5) is 10.3 Å². The highest BCUT2D eigenvalue weighted by Gasteiger charge is 2.17. The summed E-state index contributed by atoms with van der Waals surface area (Å²) in [6.07, 6.45) is 1.39. The molecular formula is C17H17FN4O2S. The third-order valence-electron chi connectivity index (χ3n) is 3.78. The standard InChI is InChI=1S/C17H17FN4O2S/c1-12-6-7-16(8-13(12)2)25(23,24)21-17-19-11-22(20-17)10-14-4-3-5-15(18)9-14/h3-9,11H,10H2,1-2H3,(H,20,21). The van der Waals surface area contributed by atoms with Crippen molar-refractivity contribution in [3.8, 4) is 0 Å². The molecule has 3 rings (SSSR count). The molecule has 1 aromatic heterocycles. The molecule has 0 bridgehead atoms. The summed E-state index contributed by atoms with van der Waals surface area (Å²) in [7, 11) is -3.77. The number of nitrogens with one attached hydrogen (secondary N) is 1. The van der Waals surface area contributed by atoms with Gasteiger partial charge in [-0.15, -0.1) is 5.10 Å². The minimum atomic E-state index is -3.77. The quantitative estimate of drug-likeness (QED) is 0.759. The molecule has 130 valence electrons. The first kappa shape index (κ1) is 17.1. The van der Waals surface area contributed by atoms with Gasteiger partial charge in [-0.1, -0.05) is 18.2 Å². The van der Waals surface area contributed by atoms with E-state index >= 15 is 0 Å². The maximum absolute atomic E-state index is 13.2. The second kappa shape index (κ2) is 6.64. The van der Waals surface area contributed by atoms with Gasteiger partial charge in [-0.25, -0.2) is 22.2 Å². The van der Waals surface area contributed by atoms with Crippen molar-refractivity contribution >= 4 is 16.0 Å². The Balaban J connectivity index is 1.77. The molecule has 3 aromatic rings. The van der Waals surface area contributed by atoms with Crippen LogP contribution in [0.3, 0.4) is 0 Å². The molecular weight excluding hydrogens is 343 g/mol. The maximum Gasteiger partial charge on any atom is 0.264 e. The van der Waals surface area contributed by atoms with Crippen molar-refractivity contribution in [1.82, 2.24) is 14.8 Å². The lowest BCUT2D eigenvalue weighted by Crippen LogP contribution is -2.14. The maximum atomic E-state index is 13.2. The number of rotatable bonds is 5. The Morgan fingerprint density at radius 1 is 1.12 bits per heavy atom. The lowest BCUT2D eigenvalue weighted by molar-refractivity contribution is 0.600. The van der Waals surface area contributed by atoms with Gasteiger partial charge >= 0.3 is 0 Å². The summed E-state index contributed by atoms with van der Waals surface area (Å²) >= 11 is 0. The van der Waals surface area contributed by atoms with Crippen molar-refractivity contribution in [2.75, 3.05) is 4.72 Å². The van der Waals surface area contributed by atoms with E-state index in [1.54, 1.807) is 24.3 Å². The van der Waals surface area contributed by atoms with Crippen LogP contribution < -0.4 is 4.72 Å². The van der Waals surface area contributed by atoms with Crippen LogP contribution in [0.1, 0.15) is 16.7 Å². The van der Waals surface area contributed by atoms with Gasteiger partial charge in [-0.3, -0.25) is 0 Å². The van der Waals surface area contributed by atoms with Gasteiger partial charge in [0, 0.05) is 0 Å². The van der Waals surface area contributed by atoms with E-state index in [4.69, 9.17) is 0 Å². The predicted octanol–water partition coefficient (Wildman–Crippen LogP) is 2.88. The van der Waals surface area contributed by atoms with Crippen molar-refractivity contribution in [3.05, 3.63) is 71.3 Å². The zero-order valence-electron chi connectivity index (χ0n) is 13.8. The van der Waals surface area contributed by atoms with Gasteiger partial charge in [-0.2, -0.15) is 4.98 Å². The summed E-state index contributed by atoms with van der Waals surface area (Å²) in [4.78, 5) is 4.10. The molecule has 6 nitrogen and oxygen atoms in total. The summed E-state index contributed by atoms with van der Waals surface area (Å²) in [5.41, 5.74) is 2.59. The van der Waals surface area contributed by atoms with Gasteiger partial charge in [0.25, 0.3) is 16.0 Å². The molecule has 25 heavy (non-hydrogen) atoms. The minimum Gasteiger partial charge on any atom is -0.246 e. The average Bonchev–Trinajstić information content (AvgIpc) is 2.96. The number of benzene rings is 2. The van der Waals surface area contributed by atoms with Gasteiger partial charge in [0.15, 0.2) is 0 Å². The third kappa shape index (κ3) is 4.03. The number of nitrogens with zero attached hydrogens (tertiary/aromatic N) is 3. The Morgan fingerprint density at radius 3 is 2.64 bits per heavy atom. The number of sulfonamides is 1. The fourth-order valence-electron chi connectivity index (χ4n) is 2.30. The highest BCUT2D eigenvalue weighted by atomic mass is 32.2. The highest BCUT2D eigenvalue weighted by Crippen LogP contribution is 2.17. The Hall–Kier alpha value is -2.74. The lowest BCUT2D eigenvalue weighted by Gasteiger charge is -2.07. The van der Waals surface area contributed by atoms with Crippen LogP contribution in [-0.4, -0.2) is 23.2 Å². The molecule has 1 N–H and O–H groups in total. The van der Waals surface area contributed by atoms with E-state index < -0.39 is 10.0 Å². The molecule has 0 aliphatic carbocycles.